The van der Waals surface area contributed by atoms with Crippen LogP contribution in [0.2, 0.25) is 0 Å². The van der Waals surface area contributed by atoms with E-state index in [1.807, 2.05) is 20.8 Å². The molecule has 3 aromatic rings. The predicted octanol–water partition coefficient (Wildman–Crippen LogP) is 5.11. The normalized spacial score (nSPS) is 11.5. The van der Waals surface area contributed by atoms with E-state index >= 15 is 0 Å². The second-order valence-electron chi connectivity index (χ2n) is 5.99. The van der Waals surface area contributed by atoms with Crippen LogP contribution in [0.25, 0.3) is 11.0 Å². The van der Waals surface area contributed by atoms with Crippen molar-refractivity contribution < 1.29 is 14.6 Å². The van der Waals surface area contributed by atoms with E-state index in [2.05, 4.69) is 42.8 Å². The van der Waals surface area contributed by atoms with Gasteiger partial charge in [0.2, 0.25) is 5.88 Å². The predicted molar refractivity (Wildman–Crippen MR) is 109 cm³/mol. The van der Waals surface area contributed by atoms with Crippen molar-refractivity contribution in [3.8, 4) is 5.88 Å². The van der Waals surface area contributed by atoms with Crippen molar-refractivity contribution in [1.29, 1.82) is 0 Å². The average molecular weight is 471 g/mol. The van der Waals surface area contributed by atoms with Crippen LogP contribution in [-0.2, 0) is 6.42 Å². The Hall–Kier alpha value is -1.65. The van der Waals surface area contributed by atoms with E-state index in [0.717, 1.165) is 26.9 Å². The van der Waals surface area contributed by atoms with Gasteiger partial charge in [-0.1, -0.05) is 20.8 Å². The van der Waals surface area contributed by atoms with Gasteiger partial charge >= 0.3 is 5.97 Å². The molecule has 0 aliphatic rings. The Balaban J connectivity index is 2.05. The van der Waals surface area contributed by atoms with E-state index in [4.69, 9.17) is 4.74 Å². The number of fused-ring (bicyclic) bond motifs is 1. The lowest BCUT2D eigenvalue weighted by molar-refractivity contribution is 0.0689. The molecule has 3 heterocycles. The highest BCUT2D eigenvalue weighted by molar-refractivity contribution is 9.10. The summed E-state index contributed by atoms with van der Waals surface area (Å²) in [5.74, 6) is -0.446. The second-order valence-corrected chi connectivity index (χ2v) is 9.03. The van der Waals surface area contributed by atoms with Gasteiger partial charge in [-0.3, -0.25) is 0 Å². The maximum Gasteiger partial charge on any atom is 0.355 e. The number of aromatic nitrogens is 4. The third kappa shape index (κ3) is 3.97. The number of hydrogen-bond donors (Lipinski definition) is 2. The lowest BCUT2D eigenvalue weighted by atomic mass is 10.1. The number of aryl methyl sites for hydroxylation is 1. The molecule has 0 aliphatic carbocycles. The van der Waals surface area contributed by atoms with Crippen molar-refractivity contribution in [3.05, 3.63) is 20.7 Å². The van der Waals surface area contributed by atoms with E-state index in [1.165, 1.54) is 23.1 Å². The smallest absolute Gasteiger partial charge is 0.355 e. The van der Waals surface area contributed by atoms with E-state index in [9.17, 15) is 9.90 Å². The maximum atomic E-state index is 11.5. The van der Waals surface area contributed by atoms with Gasteiger partial charge in [-0.2, -0.15) is 4.98 Å². The van der Waals surface area contributed by atoms with Gasteiger partial charge < -0.3 is 14.8 Å². The zero-order valence-corrected chi connectivity index (χ0v) is 18.5. The van der Waals surface area contributed by atoms with E-state index in [1.54, 1.807) is 0 Å². The minimum atomic E-state index is -1.02. The number of H-pyrrole nitrogens is 1. The summed E-state index contributed by atoms with van der Waals surface area (Å²) >= 11 is 6.20. The molecule has 2 N–H and O–H groups in total. The van der Waals surface area contributed by atoms with Gasteiger partial charge in [0.15, 0.2) is 15.2 Å². The number of nitrogens with zero attached hydrogens (tertiary/aromatic N) is 3. The lowest BCUT2D eigenvalue weighted by Gasteiger charge is -2.05. The number of carboxylic acids is 1. The van der Waals surface area contributed by atoms with Crippen LogP contribution in [0, 0.1) is 0 Å². The standard InChI is InChI=1S/C17H19BrN4O3S2/c1-5-8-10(18)9-13(19-8)21-16(22-14(9)25-6-2)27-17-20-11(15(23)24)12(26-17)7(3)4/h7H,5-6H2,1-4H3,(H,23,24)(H,19,21,22). The first kappa shape index (κ1) is 20.1. The van der Waals surface area contributed by atoms with Crippen molar-refractivity contribution in [2.75, 3.05) is 6.61 Å². The molecular weight excluding hydrogens is 452 g/mol. The molecule has 0 spiro atoms. The minimum absolute atomic E-state index is 0.0804. The van der Waals surface area contributed by atoms with Crippen LogP contribution < -0.4 is 4.74 Å². The zero-order valence-electron chi connectivity index (χ0n) is 15.3. The molecule has 7 nitrogen and oxygen atoms in total. The molecule has 10 heteroatoms. The first-order valence-corrected chi connectivity index (χ1v) is 10.9. The number of aromatic amines is 1. The Morgan fingerprint density at radius 2 is 2.07 bits per heavy atom. The number of carbonyl (C=O) groups is 1. The Labute approximate surface area is 173 Å². The van der Waals surface area contributed by atoms with Crippen LogP contribution in [0.5, 0.6) is 5.88 Å². The largest absolute Gasteiger partial charge is 0.477 e. The third-order valence-electron chi connectivity index (χ3n) is 3.78. The topological polar surface area (TPSA) is 101 Å². The van der Waals surface area contributed by atoms with Crippen molar-refractivity contribution in [2.24, 2.45) is 0 Å². The second kappa shape index (κ2) is 8.15. The molecule has 0 fully saturated rings. The molecular formula is C17H19BrN4O3S2. The van der Waals surface area contributed by atoms with E-state index in [0.29, 0.717) is 27.6 Å². The summed E-state index contributed by atoms with van der Waals surface area (Å²) in [5, 5.41) is 10.7. The molecule has 0 unspecified atom stereocenters. The first-order valence-electron chi connectivity index (χ1n) is 8.48. The van der Waals surface area contributed by atoms with Gasteiger partial charge in [0.05, 0.1) is 16.5 Å². The Morgan fingerprint density at radius 1 is 1.33 bits per heavy atom. The van der Waals surface area contributed by atoms with Crippen LogP contribution in [0.1, 0.15) is 54.7 Å². The van der Waals surface area contributed by atoms with Crippen molar-refractivity contribution in [2.45, 2.75) is 49.5 Å². The highest BCUT2D eigenvalue weighted by Crippen LogP contribution is 2.38. The fourth-order valence-electron chi connectivity index (χ4n) is 2.57. The monoisotopic (exact) mass is 470 g/mol. The first-order chi connectivity index (χ1) is 12.8. The summed E-state index contributed by atoms with van der Waals surface area (Å²) in [4.78, 5) is 28.8. The molecule has 0 atom stereocenters. The number of ether oxygens (including phenoxy) is 1. The third-order valence-corrected chi connectivity index (χ3v) is 6.94. The van der Waals surface area contributed by atoms with Crippen LogP contribution in [0.3, 0.4) is 0 Å². The van der Waals surface area contributed by atoms with E-state index in [-0.39, 0.29) is 11.6 Å². The van der Waals surface area contributed by atoms with Gasteiger partial charge in [0.25, 0.3) is 0 Å². The molecule has 3 rings (SSSR count). The fourth-order valence-corrected chi connectivity index (χ4v) is 5.31. The summed E-state index contributed by atoms with van der Waals surface area (Å²) in [7, 11) is 0. The molecule has 0 aromatic carbocycles. The van der Waals surface area contributed by atoms with E-state index < -0.39 is 5.97 Å². The van der Waals surface area contributed by atoms with Crippen molar-refractivity contribution >= 4 is 56.0 Å². The summed E-state index contributed by atoms with van der Waals surface area (Å²) < 4.78 is 7.22. The number of thiazole rings is 1. The van der Waals surface area contributed by atoms with Gasteiger partial charge in [-0.05, 0) is 47.0 Å². The molecule has 0 amide bonds. The summed E-state index contributed by atoms with van der Waals surface area (Å²) in [6.07, 6.45) is 0.817. The summed E-state index contributed by atoms with van der Waals surface area (Å²) in [5.41, 5.74) is 1.80. The van der Waals surface area contributed by atoms with Gasteiger partial charge in [-0.15, -0.1) is 11.3 Å². The molecule has 0 bridgehead atoms. The fraction of sp³-hybridized carbons (Fsp3) is 0.412. The zero-order chi connectivity index (χ0) is 19.7. The van der Waals surface area contributed by atoms with Gasteiger partial charge in [-0.25, -0.2) is 14.8 Å². The Kier molecular flexibility index (Phi) is 6.07. The van der Waals surface area contributed by atoms with Crippen LogP contribution >= 0.6 is 39.0 Å². The highest BCUT2D eigenvalue weighted by atomic mass is 79.9. The number of rotatable bonds is 7. The van der Waals surface area contributed by atoms with Gasteiger partial charge in [0.1, 0.15) is 5.65 Å². The minimum Gasteiger partial charge on any atom is -0.477 e. The number of halogens is 1. The molecule has 27 heavy (non-hydrogen) atoms. The lowest BCUT2D eigenvalue weighted by Crippen LogP contribution is -2.01. The molecule has 0 saturated heterocycles. The molecule has 0 aliphatic heterocycles. The average Bonchev–Trinajstić information content (AvgIpc) is 3.17. The molecule has 0 radical (unpaired) electrons. The molecule has 0 saturated carbocycles. The van der Waals surface area contributed by atoms with Crippen LogP contribution in [0.15, 0.2) is 14.0 Å². The quantitative estimate of drug-likeness (QED) is 0.462. The number of aromatic carboxylic acids is 1. The maximum absolute atomic E-state index is 11.5. The highest BCUT2D eigenvalue weighted by Gasteiger charge is 2.22. The summed E-state index contributed by atoms with van der Waals surface area (Å²) in [6.45, 7) is 8.33. The van der Waals surface area contributed by atoms with Gasteiger partial charge in [0, 0.05) is 10.6 Å². The Morgan fingerprint density at radius 3 is 2.63 bits per heavy atom. The number of nitrogens with one attached hydrogen (secondary N) is 1. The Bertz CT molecular complexity index is 1000. The van der Waals surface area contributed by atoms with Crippen molar-refractivity contribution in [3.63, 3.8) is 0 Å². The van der Waals surface area contributed by atoms with Crippen LogP contribution in [0.4, 0.5) is 0 Å². The SMILES string of the molecule is CCOc1nc(Sc2nc(C(=O)O)c(C(C)C)s2)nc2[nH]c(CC)c(Br)c12. The molecule has 3 aromatic heterocycles. The van der Waals surface area contributed by atoms with Crippen molar-refractivity contribution in [1.82, 2.24) is 19.9 Å². The van der Waals surface area contributed by atoms with Crippen LogP contribution in [-0.4, -0.2) is 37.6 Å². The number of hydrogen-bond acceptors (Lipinski definition) is 7. The molecule has 144 valence electrons. The summed E-state index contributed by atoms with van der Waals surface area (Å²) in [6, 6.07) is 0. The number of carboxylic acid groups (broad SMARTS) is 1.